The number of carbonyl (C=O) groups excluding carboxylic acids is 1. The van der Waals surface area contributed by atoms with E-state index >= 15 is 0 Å². The summed E-state index contributed by atoms with van der Waals surface area (Å²) < 4.78 is 0. The first-order chi connectivity index (χ1) is 8.68. The van der Waals surface area contributed by atoms with Crippen LogP contribution in [0.25, 0.3) is 0 Å². The van der Waals surface area contributed by atoms with Crippen LogP contribution in [0.4, 0.5) is 5.69 Å². The van der Waals surface area contributed by atoms with Gasteiger partial charge in [-0.2, -0.15) is 0 Å². The molecule has 0 aromatic carbocycles. The van der Waals surface area contributed by atoms with E-state index in [1.807, 2.05) is 0 Å². The summed E-state index contributed by atoms with van der Waals surface area (Å²) in [4.78, 5) is 16.0. The summed E-state index contributed by atoms with van der Waals surface area (Å²) in [5, 5.41) is 2.96. The molecule has 1 heterocycles. The number of nitrogens with zero attached hydrogens (tertiary/aromatic N) is 1. The van der Waals surface area contributed by atoms with Crippen molar-refractivity contribution in [3.63, 3.8) is 0 Å². The molecule has 0 bridgehead atoms. The number of pyridine rings is 1. The second kappa shape index (κ2) is 5.85. The molecule has 2 atom stereocenters. The van der Waals surface area contributed by atoms with Crippen LogP contribution < -0.4 is 11.1 Å². The summed E-state index contributed by atoms with van der Waals surface area (Å²) in [6.07, 6.45) is 6.66. The smallest absolute Gasteiger partial charge is 0.272 e. The molecule has 1 fully saturated rings. The number of hydrogen-bond acceptors (Lipinski definition) is 3. The molecule has 1 aliphatic carbocycles. The Labute approximate surface area is 108 Å². The number of nitrogen functional groups attached to an aromatic ring is 1. The molecule has 2 rings (SSSR count). The van der Waals surface area contributed by atoms with Gasteiger partial charge in [-0.3, -0.25) is 4.79 Å². The van der Waals surface area contributed by atoms with Gasteiger partial charge in [0.25, 0.3) is 5.91 Å². The first-order valence-electron chi connectivity index (χ1n) is 6.67. The standard InChI is InChI=1S/C14H21N3O/c1-10-5-2-3-6-11(10)9-17-14(18)13-12(15)7-4-8-16-13/h4,7-8,10-11H,2-3,5-6,9,15H2,1H3,(H,17,18). The Balaban J connectivity index is 1.90. The Bertz CT molecular complexity index is 419. The molecule has 4 heteroatoms. The van der Waals surface area contributed by atoms with Gasteiger partial charge in [-0.05, 0) is 30.4 Å². The third-order valence-electron chi connectivity index (χ3n) is 3.87. The highest BCUT2D eigenvalue weighted by molar-refractivity contribution is 5.96. The molecule has 4 nitrogen and oxygen atoms in total. The van der Waals surface area contributed by atoms with Crippen molar-refractivity contribution in [2.45, 2.75) is 32.6 Å². The topological polar surface area (TPSA) is 68.0 Å². The summed E-state index contributed by atoms with van der Waals surface area (Å²) in [7, 11) is 0. The Morgan fingerprint density at radius 3 is 3.00 bits per heavy atom. The maximum atomic E-state index is 12.0. The Morgan fingerprint density at radius 1 is 1.50 bits per heavy atom. The Morgan fingerprint density at radius 2 is 2.28 bits per heavy atom. The summed E-state index contributed by atoms with van der Waals surface area (Å²) in [6, 6.07) is 3.43. The molecule has 1 aliphatic rings. The van der Waals surface area contributed by atoms with Crippen molar-refractivity contribution in [1.29, 1.82) is 0 Å². The van der Waals surface area contributed by atoms with E-state index in [2.05, 4.69) is 17.2 Å². The van der Waals surface area contributed by atoms with E-state index in [0.29, 0.717) is 23.2 Å². The van der Waals surface area contributed by atoms with Gasteiger partial charge in [0.1, 0.15) is 0 Å². The van der Waals surface area contributed by atoms with Crippen LogP contribution in [0.3, 0.4) is 0 Å². The van der Waals surface area contributed by atoms with Crippen LogP contribution in [-0.2, 0) is 0 Å². The van der Waals surface area contributed by atoms with Crippen molar-refractivity contribution in [3.05, 3.63) is 24.0 Å². The molecule has 0 aliphatic heterocycles. The number of rotatable bonds is 3. The summed E-state index contributed by atoms with van der Waals surface area (Å²) in [6.45, 7) is 3.00. The molecule has 0 radical (unpaired) electrons. The van der Waals surface area contributed by atoms with Crippen molar-refractivity contribution in [3.8, 4) is 0 Å². The first-order valence-corrected chi connectivity index (χ1v) is 6.67. The summed E-state index contributed by atoms with van der Waals surface area (Å²) >= 11 is 0. The minimum absolute atomic E-state index is 0.161. The largest absolute Gasteiger partial charge is 0.397 e. The van der Waals surface area contributed by atoms with E-state index in [1.54, 1.807) is 18.3 Å². The van der Waals surface area contributed by atoms with Gasteiger partial charge in [0.05, 0.1) is 5.69 Å². The van der Waals surface area contributed by atoms with Crippen LogP contribution in [0.2, 0.25) is 0 Å². The predicted octanol–water partition coefficient (Wildman–Crippen LogP) is 2.22. The molecule has 0 spiro atoms. The van der Waals surface area contributed by atoms with Crippen LogP contribution in [0.5, 0.6) is 0 Å². The lowest BCUT2D eigenvalue weighted by Gasteiger charge is -2.28. The first kappa shape index (κ1) is 12.9. The number of anilines is 1. The van der Waals surface area contributed by atoms with Crippen molar-refractivity contribution in [2.24, 2.45) is 11.8 Å². The number of carbonyl (C=O) groups is 1. The van der Waals surface area contributed by atoms with Gasteiger partial charge < -0.3 is 11.1 Å². The molecular formula is C14H21N3O. The van der Waals surface area contributed by atoms with E-state index in [-0.39, 0.29) is 5.91 Å². The van der Waals surface area contributed by atoms with Crippen molar-refractivity contribution in [2.75, 3.05) is 12.3 Å². The van der Waals surface area contributed by atoms with Crippen molar-refractivity contribution >= 4 is 11.6 Å². The molecule has 1 aromatic rings. The Kier molecular flexibility index (Phi) is 4.18. The van der Waals surface area contributed by atoms with Crippen molar-refractivity contribution < 1.29 is 4.79 Å². The molecule has 18 heavy (non-hydrogen) atoms. The monoisotopic (exact) mass is 247 g/mol. The minimum Gasteiger partial charge on any atom is -0.397 e. The van der Waals surface area contributed by atoms with Crippen LogP contribution in [0.15, 0.2) is 18.3 Å². The lowest BCUT2D eigenvalue weighted by Crippen LogP contribution is -2.34. The fraction of sp³-hybridized carbons (Fsp3) is 0.571. The predicted molar refractivity (Wildman–Crippen MR) is 72.1 cm³/mol. The second-order valence-electron chi connectivity index (χ2n) is 5.17. The normalized spacial score (nSPS) is 23.6. The van der Waals surface area contributed by atoms with E-state index < -0.39 is 0 Å². The molecule has 1 amide bonds. The number of hydrogen-bond donors (Lipinski definition) is 2. The maximum Gasteiger partial charge on any atom is 0.272 e. The van der Waals surface area contributed by atoms with Gasteiger partial charge >= 0.3 is 0 Å². The van der Waals surface area contributed by atoms with Gasteiger partial charge in [-0.1, -0.05) is 26.2 Å². The van der Waals surface area contributed by atoms with Gasteiger partial charge in [0, 0.05) is 12.7 Å². The zero-order chi connectivity index (χ0) is 13.0. The highest BCUT2D eigenvalue weighted by atomic mass is 16.1. The van der Waals surface area contributed by atoms with E-state index in [0.717, 1.165) is 6.54 Å². The van der Waals surface area contributed by atoms with E-state index in [4.69, 9.17) is 5.73 Å². The minimum atomic E-state index is -0.161. The number of amides is 1. The Hall–Kier alpha value is -1.58. The van der Waals surface area contributed by atoms with Gasteiger partial charge in [-0.25, -0.2) is 4.98 Å². The van der Waals surface area contributed by atoms with Gasteiger partial charge in [0.15, 0.2) is 5.69 Å². The molecular weight excluding hydrogens is 226 g/mol. The molecule has 98 valence electrons. The molecule has 3 N–H and O–H groups in total. The van der Waals surface area contributed by atoms with Crippen LogP contribution in [-0.4, -0.2) is 17.4 Å². The highest BCUT2D eigenvalue weighted by Crippen LogP contribution is 2.28. The molecule has 1 saturated carbocycles. The van der Waals surface area contributed by atoms with Crippen LogP contribution >= 0.6 is 0 Å². The molecule has 1 aromatic heterocycles. The average molecular weight is 247 g/mol. The number of nitrogens with two attached hydrogens (primary N) is 1. The SMILES string of the molecule is CC1CCCCC1CNC(=O)c1ncccc1N. The quantitative estimate of drug-likeness (QED) is 0.860. The fourth-order valence-electron chi connectivity index (χ4n) is 2.61. The highest BCUT2D eigenvalue weighted by Gasteiger charge is 2.22. The number of aromatic nitrogens is 1. The summed E-state index contributed by atoms with van der Waals surface area (Å²) in [5.74, 6) is 1.12. The average Bonchev–Trinajstić information content (AvgIpc) is 2.38. The fourth-order valence-corrected chi connectivity index (χ4v) is 2.61. The van der Waals surface area contributed by atoms with Gasteiger partial charge in [-0.15, -0.1) is 0 Å². The van der Waals surface area contributed by atoms with E-state index in [9.17, 15) is 4.79 Å². The lowest BCUT2D eigenvalue weighted by molar-refractivity contribution is 0.0932. The lowest BCUT2D eigenvalue weighted by atomic mass is 9.80. The third kappa shape index (κ3) is 3.00. The molecule has 2 unspecified atom stereocenters. The third-order valence-corrected chi connectivity index (χ3v) is 3.87. The maximum absolute atomic E-state index is 12.0. The molecule has 0 saturated heterocycles. The van der Waals surface area contributed by atoms with Gasteiger partial charge in [0.2, 0.25) is 0 Å². The van der Waals surface area contributed by atoms with Crippen molar-refractivity contribution in [1.82, 2.24) is 10.3 Å². The van der Waals surface area contributed by atoms with Crippen LogP contribution in [0.1, 0.15) is 43.1 Å². The van der Waals surface area contributed by atoms with Crippen LogP contribution in [0, 0.1) is 11.8 Å². The second-order valence-corrected chi connectivity index (χ2v) is 5.17. The number of nitrogens with one attached hydrogen (secondary N) is 1. The van der Waals surface area contributed by atoms with E-state index in [1.165, 1.54) is 25.7 Å². The zero-order valence-electron chi connectivity index (χ0n) is 10.9. The summed E-state index contributed by atoms with van der Waals surface area (Å²) in [5.41, 5.74) is 6.51. The zero-order valence-corrected chi connectivity index (χ0v) is 10.9.